The van der Waals surface area contributed by atoms with Crippen molar-refractivity contribution in [2.24, 2.45) is 17.3 Å². The van der Waals surface area contributed by atoms with E-state index in [1.807, 2.05) is 31.2 Å². The van der Waals surface area contributed by atoms with E-state index < -0.39 is 16.9 Å². The predicted molar refractivity (Wildman–Crippen MR) is 122 cm³/mol. The third kappa shape index (κ3) is 3.06. The second-order valence-electron chi connectivity index (χ2n) is 10.4. The summed E-state index contributed by atoms with van der Waals surface area (Å²) < 4.78 is 35.4. The summed E-state index contributed by atoms with van der Waals surface area (Å²) >= 11 is 0. The predicted octanol–water partition coefficient (Wildman–Crippen LogP) is 5.59. The summed E-state index contributed by atoms with van der Waals surface area (Å²) in [5, 5.41) is 11.5. The maximum atomic E-state index is 15.1. The fraction of sp³-hybridized carbons (Fsp3) is 0.536. The van der Waals surface area contributed by atoms with Crippen LogP contribution in [0.1, 0.15) is 63.4 Å². The van der Waals surface area contributed by atoms with Crippen LogP contribution >= 0.6 is 0 Å². The number of rotatable bonds is 3. The van der Waals surface area contributed by atoms with Gasteiger partial charge in [-0.2, -0.15) is 8.78 Å². The zero-order chi connectivity index (χ0) is 23.6. The highest BCUT2D eigenvalue weighted by atomic mass is 19.3. The minimum absolute atomic E-state index is 0.000987. The maximum Gasteiger partial charge on any atom is 0.336 e. The lowest BCUT2D eigenvalue weighted by Gasteiger charge is -2.55. The first-order chi connectivity index (χ1) is 15.6. The summed E-state index contributed by atoms with van der Waals surface area (Å²) in [5.41, 5.74) is 1.42. The number of methoxy groups -OCH3 is 1. The molecular formula is C28H30F2O3. The van der Waals surface area contributed by atoms with Gasteiger partial charge in [-0.25, -0.2) is 0 Å². The number of benzene rings is 1. The lowest BCUT2D eigenvalue weighted by molar-refractivity contribution is -0.209. The van der Waals surface area contributed by atoms with Crippen LogP contribution in [0.3, 0.4) is 0 Å². The molecule has 0 spiro atoms. The standard InChI is InChI=1S/C28H30F2O3/c1-4-28(29,30)27(32)14-13-24-22-11-7-18-15-19(31)8-12-21(18)25(22)23(16-26(24,27)2)17-5-9-20(33-3)10-6-17/h1,5-6,9-10,15,22-24,32H,7-8,11-14,16H2,2-3H3/t22?,23?,24?,26-,27-/m0/s1. The second kappa shape index (κ2) is 7.53. The summed E-state index contributed by atoms with van der Waals surface area (Å²) in [7, 11) is 1.61. The van der Waals surface area contributed by atoms with Crippen LogP contribution in [0.15, 0.2) is 47.1 Å². The molecule has 0 radical (unpaired) electrons. The Hall–Kier alpha value is -2.45. The number of carbonyl (C=O) groups is 1. The second-order valence-corrected chi connectivity index (χ2v) is 10.4. The van der Waals surface area contributed by atoms with E-state index in [1.165, 1.54) is 11.1 Å². The van der Waals surface area contributed by atoms with E-state index in [0.29, 0.717) is 25.7 Å². The van der Waals surface area contributed by atoms with Gasteiger partial charge in [0.1, 0.15) is 11.4 Å². The molecule has 0 aliphatic heterocycles. The quantitative estimate of drug-likeness (QED) is 0.608. The summed E-state index contributed by atoms with van der Waals surface area (Å²) in [6.07, 6.45) is 10.7. The molecule has 4 aliphatic rings. The third-order valence-electron chi connectivity index (χ3n) is 9.11. The van der Waals surface area contributed by atoms with Crippen molar-refractivity contribution in [3.63, 3.8) is 0 Å². The Balaban J connectivity index is 1.69. The van der Waals surface area contributed by atoms with Gasteiger partial charge in [0.05, 0.1) is 7.11 Å². The third-order valence-corrected chi connectivity index (χ3v) is 9.11. The Morgan fingerprint density at radius 1 is 1.18 bits per heavy atom. The van der Waals surface area contributed by atoms with Crippen LogP contribution in [-0.4, -0.2) is 29.5 Å². The number of ether oxygens (including phenoxy) is 1. The summed E-state index contributed by atoms with van der Waals surface area (Å²) in [6.45, 7) is 1.82. The first-order valence-corrected chi connectivity index (χ1v) is 11.8. The number of aliphatic hydroxyl groups is 1. The Morgan fingerprint density at radius 3 is 2.58 bits per heavy atom. The van der Waals surface area contributed by atoms with Crippen molar-refractivity contribution < 1.29 is 23.4 Å². The Bertz CT molecular complexity index is 1090. The van der Waals surface area contributed by atoms with Crippen molar-refractivity contribution in [1.29, 1.82) is 0 Å². The number of hydrogen-bond acceptors (Lipinski definition) is 3. The van der Waals surface area contributed by atoms with E-state index in [-0.39, 0.29) is 30.0 Å². The van der Waals surface area contributed by atoms with E-state index in [9.17, 15) is 9.90 Å². The highest BCUT2D eigenvalue weighted by Gasteiger charge is 2.71. The molecule has 0 amide bonds. The number of halogens is 2. The van der Waals surface area contributed by atoms with Crippen LogP contribution < -0.4 is 4.74 Å². The van der Waals surface area contributed by atoms with Crippen molar-refractivity contribution >= 4 is 5.78 Å². The van der Waals surface area contributed by atoms with Gasteiger partial charge in [0.2, 0.25) is 0 Å². The molecular weight excluding hydrogens is 422 g/mol. The van der Waals surface area contributed by atoms with Gasteiger partial charge in [0.25, 0.3) is 0 Å². The molecule has 0 heterocycles. The Morgan fingerprint density at radius 2 is 1.91 bits per heavy atom. The van der Waals surface area contributed by atoms with Crippen LogP contribution in [0, 0.1) is 29.6 Å². The van der Waals surface area contributed by atoms with Gasteiger partial charge in [0.15, 0.2) is 5.78 Å². The van der Waals surface area contributed by atoms with E-state index >= 15 is 8.78 Å². The first kappa shape index (κ1) is 22.3. The maximum absolute atomic E-state index is 15.1. The molecule has 5 heteroatoms. The van der Waals surface area contributed by atoms with Crippen molar-refractivity contribution in [1.82, 2.24) is 0 Å². The molecule has 3 unspecified atom stereocenters. The van der Waals surface area contributed by atoms with Gasteiger partial charge in [0, 0.05) is 17.8 Å². The molecule has 1 N–H and O–H groups in total. The van der Waals surface area contributed by atoms with Gasteiger partial charge in [-0.1, -0.05) is 24.6 Å². The normalized spacial score (nSPS) is 35.8. The number of ketones is 1. The molecule has 174 valence electrons. The van der Waals surface area contributed by atoms with E-state index in [2.05, 4.69) is 0 Å². The topological polar surface area (TPSA) is 46.5 Å². The number of terminal acetylenes is 1. The number of hydrogen-bond donors (Lipinski definition) is 1. The molecule has 3 nitrogen and oxygen atoms in total. The van der Waals surface area contributed by atoms with Crippen LogP contribution in [0.25, 0.3) is 0 Å². The molecule has 5 rings (SSSR count). The molecule has 1 aromatic rings. The van der Waals surface area contributed by atoms with Crippen molar-refractivity contribution in [2.75, 3.05) is 7.11 Å². The lowest BCUT2D eigenvalue weighted by Crippen LogP contribution is -2.59. The number of carbonyl (C=O) groups excluding carboxylic acids is 1. The molecule has 33 heavy (non-hydrogen) atoms. The zero-order valence-corrected chi connectivity index (χ0v) is 19.2. The SMILES string of the molecule is C#CC(F)(F)[C@]1(O)CCC2C3CCC4=CC(=O)CCC4=C3C(c3ccc(OC)cc3)C[C@@]21C. The monoisotopic (exact) mass is 452 g/mol. The fourth-order valence-electron chi connectivity index (χ4n) is 7.44. The first-order valence-electron chi connectivity index (χ1n) is 11.8. The average Bonchev–Trinajstić information content (AvgIpc) is 3.10. The van der Waals surface area contributed by atoms with Crippen molar-refractivity contribution in [3.05, 3.63) is 52.6 Å². The average molecular weight is 453 g/mol. The molecule has 2 saturated carbocycles. The van der Waals surface area contributed by atoms with Crippen molar-refractivity contribution in [2.45, 2.75) is 69.3 Å². The van der Waals surface area contributed by atoms with Crippen LogP contribution in [0.4, 0.5) is 8.78 Å². The Kier molecular flexibility index (Phi) is 5.10. The fourth-order valence-corrected chi connectivity index (χ4v) is 7.44. The summed E-state index contributed by atoms with van der Waals surface area (Å²) in [6, 6.07) is 7.78. The molecule has 2 fully saturated rings. The molecule has 4 aliphatic carbocycles. The van der Waals surface area contributed by atoms with Gasteiger partial charge in [-0.3, -0.25) is 4.79 Å². The number of alkyl halides is 2. The number of fused-ring (bicyclic) bond motifs is 4. The van der Waals surface area contributed by atoms with Crippen LogP contribution in [0.2, 0.25) is 0 Å². The van der Waals surface area contributed by atoms with Crippen LogP contribution in [-0.2, 0) is 4.79 Å². The van der Waals surface area contributed by atoms with E-state index in [1.54, 1.807) is 19.1 Å². The molecule has 0 aromatic heterocycles. The largest absolute Gasteiger partial charge is 0.497 e. The van der Waals surface area contributed by atoms with Crippen LogP contribution in [0.5, 0.6) is 5.75 Å². The van der Waals surface area contributed by atoms with Crippen molar-refractivity contribution in [3.8, 4) is 18.1 Å². The summed E-state index contributed by atoms with van der Waals surface area (Å²) in [5.74, 6) is -1.17. The molecule has 0 bridgehead atoms. The Labute approximate surface area is 193 Å². The van der Waals surface area contributed by atoms with Gasteiger partial charge in [-0.15, -0.1) is 6.42 Å². The minimum Gasteiger partial charge on any atom is -0.497 e. The van der Waals surface area contributed by atoms with E-state index in [0.717, 1.165) is 29.7 Å². The van der Waals surface area contributed by atoms with Gasteiger partial charge >= 0.3 is 5.92 Å². The highest BCUT2D eigenvalue weighted by molar-refractivity contribution is 5.93. The highest BCUT2D eigenvalue weighted by Crippen LogP contribution is 2.69. The van der Waals surface area contributed by atoms with Gasteiger partial charge in [-0.05, 0) is 91.2 Å². The zero-order valence-electron chi connectivity index (χ0n) is 19.2. The number of allylic oxidation sites excluding steroid dienone is 4. The van der Waals surface area contributed by atoms with Gasteiger partial charge < -0.3 is 9.84 Å². The van der Waals surface area contributed by atoms with E-state index in [4.69, 9.17) is 11.2 Å². The smallest absolute Gasteiger partial charge is 0.336 e. The minimum atomic E-state index is -3.59. The molecule has 5 atom stereocenters. The summed E-state index contributed by atoms with van der Waals surface area (Å²) in [4.78, 5) is 12.1. The molecule has 1 aromatic carbocycles. The molecule has 0 saturated heterocycles. The lowest BCUT2D eigenvalue weighted by atomic mass is 9.50.